The number of alkyl halides is 3. The number of rotatable bonds is 19. The van der Waals surface area contributed by atoms with Crippen LogP contribution in [0.4, 0.5) is 13.2 Å². The molecule has 5 rings (SSSR count). The molecule has 1 heterocycles. The second kappa shape index (κ2) is 22.1. The number of primary amides is 1. The lowest BCUT2D eigenvalue weighted by Gasteiger charge is -2.35. The summed E-state index contributed by atoms with van der Waals surface area (Å²) in [6.45, 7) is 1.17. The standard InChI is InChI=1S/C45H53F3N6O8/c1-2-3-23-34(39(56)43(60)50-25-36(55)52-37(40(49)57)29-17-9-5-10-18-29)51-42(59)35-24-31(62-27-28-15-7-4-8-16-28)26-54(35)44(61)38(30-19-11-6-12-20-30)53-41(58)32-21-13-14-22-33(32)45(46,47)48/h4-5,7-10,13-18,21-22,30-31,34-35,37-38H,2-3,6,11-12,19-20,23-27H2,1H3,(H2,49,57)(H,50,60)(H,51,59)(H,52,55)(H,53,58)/t31-,34?,35+,37?,38?/m1/s1. The van der Waals surface area contributed by atoms with Crippen LogP contribution in [-0.2, 0) is 46.3 Å². The van der Waals surface area contributed by atoms with E-state index in [-0.39, 0.29) is 26.0 Å². The van der Waals surface area contributed by atoms with Gasteiger partial charge in [-0.15, -0.1) is 0 Å². The zero-order valence-corrected chi connectivity index (χ0v) is 34.5. The fraction of sp³-hybridized carbons (Fsp3) is 0.444. The maximum absolute atomic E-state index is 14.7. The number of nitrogens with zero attached hydrogens (tertiary/aromatic N) is 1. The van der Waals surface area contributed by atoms with Gasteiger partial charge in [-0.2, -0.15) is 13.2 Å². The van der Waals surface area contributed by atoms with Gasteiger partial charge >= 0.3 is 6.18 Å². The van der Waals surface area contributed by atoms with Crippen LogP contribution in [0, 0.1) is 5.92 Å². The van der Waals surface area contributed by atoms with E-state index in [1.54, 1.807) is 30.3 Å². The molecular weight excluding hydrogens is 810 g/mol. The van der Waals surface area contributed by atoms with Crippen LogP contribution < -0.4 is 27.0 Å². The molecule has 0 spiro atoms. The van der Waals surface area contributed by atoms with Crippen LogP contribution in [0.1, 0.15) is 97.8 Å². The molecule has 6 N–H and O–H groups in total. The molecule has 332 valence electrons. The number of hydrogen-bond donors (Lipinski definition) is 5. The minimum atomic E-state index is -4.84. The Morgan fingerprint density at radius 2 is 1.48 bits per heavy atom. The Labute approximate surface area is 357 Å². The Bertz CT molecular complexity index is 2050. The lowest BCUT2D eigenvalue weighted by Crippen LogP contribution is -2.58. The fourth-order valence-electron chi connectivity index (χ4n) is 7.90. The largest absolute Gasteiger partial charge is 0.417 e. The molecule has 0 aromatic heterocycles. The molecule has 62 heavy (non-hydrogen) atoms. The zero-order chi connectivity index (χ0) is 44.8. The topological polar surface area (TPSA) is 206 Å². The summed E-state index contributed by atoms with van der Waals surface area (Å²) in [5, 5.41) is 9.92. The second-order valence-corrected chi connectivity index (χ2v) is 15.6. The summed E-state index contributed by atoms with van der Waals surface area (Å²) in [5.41, 5.74) is 4.91. The first-order valence-corrected chi connectivity index (χ1v) is 20.9. The number of carbonyl (C=O) groups excluding carboxylic acids is 7. The molecule has 0 radical (unpaired) electrons. The molecule has 14 nitrogen and oxygen atoms in total. The summed E-state index contributed by atoms with van der Waals surface area (Å²) in [6.07, 6.45) is -1.21. The summed E-state index contributed by atoms with van der Waals surface area (Å²) in [4.78, 5) is 95.6. The van der Waals surface area contributed by atoms with Crippen LogP contribution in [-0.4, -0.2) is 83.4 Å². The van der Waals surface area contributed by atoms with Gasteiger partial charge in [0.1, 0.15) is 18.1 Å². The van der Waals surface area contributed by atoms with E-state index in [9.17, 15) is 46.7 Å². The molecule has 1 saturated heterocycles. The van der Waals surface area contributed by atoms with Gasteiger partial charge < -0.3 is 36.6 Å². The third-order valence-corrected chi connectivity index (χ3v) is 11.2. The predicted octanol–water partition coefficient (Wildman–Crippen LogP) is 4.27. The normalized spacial score (nSPS) is 18.2. The highest BCUT2D eigenvalue weighted by Crippen LogP contribution is 2.34. The van der Waals surface area contributed by atoms with Crippen molar-refractivity contribution >= 4 is 41.2 Å². The number of unbranched alkanes of at least 4 members (excludes halogenated alkanes) is 1. The van der Waals surface area contributed by atoms with Gasteiger partial charge in [0.25, 0.3) is 11.8 Å². The molecule has 5 atom stereocenters. The number of halogens is 3. The average Bonchev–Trinajstić information content (AvgIpc) is 3.72. The van der Waals surface area contributed by atoms with Gasteiger partial charge in [-0.05, 0) is 48.4 Å². The van der Waals surface area contributed by atoms with Gasteiger partial charge in [-0.25, -0.2) is 0 Å². The molecule has 2 aliphatic rings. The fourth-order valence-corrected chi connectivity index (χ4v) is 7.90. The van der Waals surface area contributed by atoms with Crippen molar-refractivity contribution in [1.82, 2.24) is 26.2 Å². The van der Waals surface area contributed by atoms with Crippen molar-refractivity contribution in [3.63, 3.8) is 0 Å². The average molecular weight is 863 g/mol. The van der Waals surface area contributed by atoms with E-state index >= 15 is 0 Å². The van der Waals surface area contributed by atoms with Crippen LogP contribution in [0.3, 0.4) is 0 Å². The van der Waals surface area contributed by atoms with Crippen LogP contribution in [0.25, 0.3) is 0 Å². The number of likely N-dealkylation sites (tertiary alicyclic amines) is 1. The van der Waals surface area contributed by atoms with E-state index in [0.29, 0.717) is 31.2 Å². The lowest BCUT2D eigenvalue weighted by atomic mass is 9.83. The van der Waals surface area contributed by atoms with Gasteiger partial charge in [0.05, 0.1) is 36.4 Å². The molecule has 3 unspecified atom stereocenters. The van der Waals surface area contributed by atoms with Gasteiger partial charge in [0.2, 0.25) is 29.4 Å². The number of Topliss-reactive ketones (excluding diaryl/α,β-unsaturated/α-hetero) is 1. The predicted molar refractivity (Wildman–Crippen MR) is 220 cm³/mol. The van der Waals surface area contributed by atoms with Crippen LogP contribution in [0.2, 0.25) is 0 Å². The first-order chi connectivity index (χ1) is 29.7. The Morgan fingerprint density at radius 3 is 2.13 bits per heavy atom. The molecule has 3 aromatic carbocycles. The van der Waals surface area contributed by atoms with E-state index in [0.717, 1.165) is 37.0 Å². The SMILES string of the molecule is CCCCC(NC(=O)[C@@H]1C[C@@H](OCc2ccccc2)CN1C(=O)C(NC(=O)c1ccccc1C(F)(F)F)C1CCCCC1)C(=O)C(=O)NCC(=O)NC(C(N)=O)c1ccccc1. The van der Waals surface area contributed by atoms with E-state index in [1.807, 2.05) is 37.3 Å². The smallest absolute Gasteiger partial charge is 0.372 e. The van der Waals surface area contributed by atoms with Crippen LogP contribution >= 0.6 is 0 Å². The van der Waals surface area contributed by atoms with E-state index < -0.39 is 101 Å². The number of ketones is 1. The summed E-state index contributed by atoms with van der Waals surface area (Å²) < 4.78 is 48.1. The zero-order valence-electron chi connectivity index (χ0n) is 34.5. The maximum Gasteiger partial charge on any atom is 0.417 e. The number of amides is 6. The molecule has 3 aromatic rings. The van der Waals surface area contributed by atoms with Crippen molar-refractivity contribution < 1.29 is 51.5 Å². The summed E-state index contributed by atoms with van der Waals surface area (Å²) in [7, 11) is 0. The molecular formula is C45H53F3N6O8. The monoisotopic (exact) mass is 862 g/mol. The first-order valence-electron chi connectivity index (χ1n) is 20.9. The Kier molecular flexibility index (Phi) is 16.8. The molecule has 1 aliphatic heterocycles. The van der Waals surface area contributed by atoms with Gasteiger partial charge in [0, 0.05) is 13.0 Å². The Hall–Kier alpha value is -6.10. The molecule has 17 heteroatoms. The highest BCUT2D eigenvalue weighted by Gasteiger charge is 2.46. The highest BCUT2D eigenvalue weighted by atomic mass is 19.4. The summed E-state index contributed by atoms with van der Waals surface area (Å²) in [5.74, 6) is -6.90. The first kappa shape index (κ1) is 47.0. The molecule has 2 fully saturated rings. The number of hydrogen-bond acceptors (Lipinski definition) is 8. The Morgan fingerprint density at radius 1 is 0.839 bits per heavy atom. The molecule has 1 saturated carbocycles. The highest BCUT2D eigenvalue weighted by molar-refractivity contribution is 6.38. The third kappa shape index (κ3) is 12.7. The van der Waals surface area contributed by atoms with Crippen molar-refractivity contribution in [2.24, 2.45) is 11.7 Å². The number of benzene rings is 3. The van der Waals surface area contributed by atoms with Crippen LogP contribution in [0.15, 0.2) is 84.9 Å². The van der Waals surface area contributed by atoms with Gasteiger partial charge in [-0.1, -0.05) is 112 Å². The maximum atomic E-state index is 14.7. The van der Waals surface area contributed by atoms with Crippen molar-refractivity contribution in [2.75, 3.05) is 13.1 Å². The molecule has 6 amide bonds. The lowest BCUT2D eigenvalue weighted by molar-refractivity contribution is -0.143. The number of nitrogens with one attached hydrogen (secondary N) is 4. The quantitative estimate of drug-likeness (QED) is 0.110. The van der Waals surface area contributed by atoms with E-state index in [1.165, 1.54) is 17.0 Å². The molecule has 1 aliphatic carbocycles. The number of nitrogens with two attached hydrogens (primary N) is 1. The van der Waals surface area contributed by atoms with Crippen molar-refractivity contribution in [2.45, 2.75) is 108 Å². The number of carbonyl (C=O) groups is 7. The third-order valence-electron chi connectivity index (χ3n) is 11.2. The van der Waals surface area contributed by atoms with Crippen molar-refractivity contribution in [3.8, 4) is 0 Å². The number of ether oxygens (including phenoxy) is 1. The molecule has 0 bridgehead atoms. The summed E-state index contributed by atoms with van der Waals surface area (Å²) >= 11 is 0. The second-order valence-electron chi connectivity index (χ2n) is 15.6. The van der Waals surface area contributed by atoms with Gasteiger partial charge in [0.15, 0.2) is 0 Å². The summed E-state index contributed by atoms with van der Waals surface area (Å²) in [6, 6.07) is 16.5. The van der Waals surface area contributed by atoms with Crippen molar-refractivity contribution in [3.05, 3.63) is 107 Å². The minimum absolute atomic E-state index is 0.0316. The van der Waals surface area contributed by atoms with Crippen LogP contribution in [0.5, 0.6) is 0 Å². The van der Waals surface area contributed by atoms with Gasteiger partial charge in [-0.3, -0.25) is 33.6 Å². The van der Waals surface area contributed by atoms with E-state index in [4.69, 9.17) is 10.5 Å². The Balaban J connectivity index is 1.35. The minimum Gasteiger partial charge on any atom is -0.372 e. The van der Waals surface area contributed by atoms with Crippen molar-refractivity contribution in [1.29, 1.82) is 0 Å². The van der Waals surface area contributed by atoms with E-state index in [2.05, 4.69) is 21.3 Å².